The van der Waals surface area contributed by atoms with Gasteiger partial charge in [-0.15, -0.1) is 0 Å². The monoisotopic (exact) mass is 282 g/mol. The van der Waals surface area contributed by atoms with Gasteiger partial charge in [0.15, 0.2) is 0 Å². The molecule has 0 spiro atoms. The Morgan fingerprint density at radius 3 is 2.43 bits per heavy atom. The highest BCUT2D eigenvalue weighted by molar-refractivity contribution is 6.20. The van der Waals surface area contributed by atoms with Crippen molar-refractivity contribution >= 4 is 17.8 Å². The van der Waals surface area contributed by atoms with Gasteiger partial charge in [-0.25, -0.2) is 4.79 Å². The fourth-order valence-corrected chi connectivity index (χ4v) is 2.19. The van der Waals surface area contributed by atoms with Gasteiger partial charge in [-0.05, 0) is 29.8 Å². The first kappa shape index (κ1) is 13.0. The molecule has 1 N–H and O–H groups in total. The molecule has 0 atom stereocenters. The normalized spacial score (nSPS) is 13.4. The standard InChI is InChI=1S/C15H10N2O4/c18-13-11-2-1-7-16-12(11)14(19)17(13)8-9-3-5-10(6-4-9)15(20)21/h1-7H,8H2,(H,20,21). The molecule has 1 aliphatic rings. The second kappa shape index (κ2) is 4.82. The van der Waals surface area contributed by atoms with Crippen LogP contribution in [-0.4, -0.2) is 32.8 Å². The molecular weight excluding hydrogens is 272 g/mol. The number of benzene rings is 1. The van der Waals surface area contributed by atoms with Crippen molar-refractivity contribution in [1.29, 1.82) is 0 Å². The van der Waals surface area contributed by atoms with E-state index in [1.165, 1.54) is 18.3 Å². The molecule has 2 amide bonds. The van der Waals surface area contributed by atoms with Crippen molar-refractivity contribution in [2.75, 3.05) is 0 Å². The van der Waals surface area contributed by atoms with Crippen molar-refractivity contribution in [2.24, 2.45) is 0 Å². The largest absolute Gasteiger partial charge is 0.478 e. The lowest BCUT2D eigenvalue weighted by Crippen LogP contribution is -2.29. The fraction of sp³-hybridized carbons (Fsp3) is 0.0667. The minimum atomic E-state index is -1.02. The molecule has 0 unspecified atom stereocenters. The molecule has 2 heterocycles. The van der Waals surface area contributed by atoms with Crippen molar-refractivity contribution in [1.82, 2.24) is 9.88 Å². The quantitative estimate of drug-likeness (QED) is 0.863. The number of carboxylic acid groups (broad SMARTS) is 1. The number of aromatic nitrogens is 1. The summed E-state index contributed by atoms with van der Waals surface area (Å²) >= 11 is 0. The maximum Gasteiger partial charge on any atom is 0.335 e. The number of carboxylic acids is 1. The van der Waals surface area contributed by atoms with Crippen LogP contribution in [0.15, 0.2) is 42.6 Å². The second-order valence-corrected chi connectivity index (χ2v) is 4.60. The highest BCUT2D eigenvalue weighted by atomic mass is 16.4. The van der Waals surface area contributed by atoms with E-state index < -0.39 is 11.9 Å². The second-order valence-electron chi connectivity index (χ2n) is 4.60. The van der Waals surface area contributed by atoms with Gasteiger partial charge < -0.3 is 5.11 Å². The van der Waals surface area contributed by atoms with E-state index in [-0.39, 0.29) is 23.7 Å². The van der Waals surface area contributed by atoms with Gasteiger partial charge in [-0.1, -0.05) is 12.1 Å². The maximum atomic E-state index is 12.2. The number of imide groups is 1. The summed E-state index contributed by atoms with van der Waals surface area (Å²) < 4.78 is 0. The van der Waals surface area contributed by atoms with Crippen LogP contribution in [0.3, 0.4) is 0 Å². The van der Waals surface area contributed by atoms with E-state index in [4.69, 9.17) is 5.11 Å². The maximum absolute atomic E-state index is 12.2. The summed E-state index contributed by atoms with van der Waals surface area (Å²) in [6.45, 7) is 0.0912. The van der Waals surface area contributed by atoms with Crippen LogP contribution >= 0.6 is 0 Å². The Morgan fingerprint density at radius 2 is 1.81 bits per heavy atom. The Balaban J connectivity index is 1.85. The topological polar surface area (TPSA) is 87.6 Å². The van der Waals surface area contributed by atoms with Crippen LogP contribution in [0, 0.1) is 0 Å². The van der Waals surface area contributed by atoms with Crippen molar-refractivity contribution < 1.29 is 19.5 Å². The smallest absolute Gasteiger partial charge is 0.335 e. The van der Waals surface area contributed by atoms with E-state index in [0.717, 1.165) is 4.90 Å². The predicted molar refractivity (Wildman–Crippen MR) is 71.8 cm³/mol. The molecule has 0 aliphatic carbocycles. The van der Waals surface area contributed by atoms with Gasteiger partial charge in [0.25, 0.3) is 11.8 Å². The summed E-state index contributed by atoms with van der Waals surface area (Å²) in [7, 11) is 0. The Hall–Kier alpha value is -3.02. The summed E-state index contributed by atoms with van der Waals surface area (Å²) in [5.74, 6) is -1.84. The summed E-state index contributed by atoms with van der Waals surface area (Å²) in [4.78, 5) is 40.1. The van der Waals surface area contributed by atoms with Gasteiger partial charge >= 0.3 is 5.97 Å². The van der Waals surface area contributed by atoms with Crippen molar-refractivity contribution in [3.63, 3.8) is 0 Å². The van der Waals surface area contributed by atoms with E-state index in [1.54, 1.807) is 24.3 Å². The van der Waals surface area contributed by atoms with Crippen molar-refractivity contribution in [3.05, 3.63) is 65.0 Å². The zero-order chi connectivity index (χ0) is 15.0. The molecule has 104 valence electrons. The number of amides is 2. The van der Waals surface area contributed by atoms with E-state index in [0.29, 0.717) is 11.1 Å². The predicted octanol–water partition coefficient (Wildman–Crippen LogP) is 1.58. The molecule has 1 aromatic carbocycles. The molecule has 0 bridgehead atoms. The highest BCUT2D eigenvalue weighted by Crippen LogP contribution is 2.22. The number of nitrogens with zero attached hydrogens (tertiary/aromatic N) is 2. The Kier molecular flexibility index (Phi) is 2.98. The summed E-state index contributed by atoms with van der Waals surface area (Å²) in [6, 6.07) is 9.22. The lowest BCUT2D eigenvalue weighted by molar-refractivity contribution is 0.0636. The molecule has 6 heteroatoms. The van der Waals surface area contributed by atoms with Gasteiger partial charge in [-0.2, -0.15) is 0 Å². The number of aromatic carboxylic acids is 1. The molecule has 1 aliphatic heterocycles. The van der Waals surface area contributed by atoms with E-state index in [1.807, 2.05) is 0 Å². The molecule has 0 radical (unpaired) electrons. The average molecular weight is 282 g/mol. The van der Waals surface area contributed by atoms with Crippen LogP contribution < -0.4 is 0 Å². The average Bonchev–Trinajstić information content (AvgIpc) is 2.73. The van der Waals surface area contributed by atoms with Crippen molar-refractivity contribution in [2.45, 2.75) is 6.54 Å². The number of carbonyl (C=O) groups excluding carboxylic acids is 2. The number of rotatable bonds is 3. The van der Waals surface area contributed by atoms with Gasteiger partial charge in [0.2, 0.25) is 0 Å². The Labute approximate surface area is 119 Å². The Morgan fingerprint density at radius 1 is 1.10 bits per heavy atom. The first-order valence-corrected chi connectivity index (χ1v) is 6.21. The van der Waals surface area contributed by atoms with E-state index in [2.05, 4.69) is 4.98 Å². The van der Waals surface area contributed by atoms with Gasteiger partial charge in [0.1, 0.15) is 5.69 Å². The number of carbonyl (C=O) groups is 3. The minimum Gasteiger partial charge on any atom is -0.478 e. The van der Waals surface area contributed by atoms with Gasteiger partial charge in [-0.3, -0.25) is 19.5 Å². The zero-order valence-corrected chi connectivity index (χ0v) is 10.8. The number of pyridine rings is 1. The lowest BCUT2D eigenvalue weighted by atomic mass is 10.1. The van der Waals surface area contributed by atoms with E-state index in [9.17, 15) is 14.4 Å². The van der Waals surface area contributed by atoms with Gasteiger partial charge in [0, 0.05) is 6.20 Å². The molecule has 0 fully saturated rings. The van der Waals surface area contributed by atoms with Crippen LogP contribution in [0.2, 0.25) is 0 Å². The molecule has 6 nitrogen and oxygen atoms in total. The third-order valence-electron chi connectivity index (χ3n) is 3.27. The van der Waals surface area contributed by atoms with Crippen LogP contribution in [0.25, 0.3) is 0 Å². The highest BCUT2D eigenvalue weighted by Gasteiger charge is 2.36. The molecular formula is C15H10N2O4. The van der Waals surface area contributed by atoms with Gasteiger partial charge in [0.05, 0.1) is 17.7 Å². The van der Waals surface area contributed by atoms with E-state index >= 15 is 0 Å². The third-order valence-corrected chi connectivity index (χ3v) is 3.27. The van der Waals surface area contributed by atoms with Crippen molar-refractivity contribution in [3.8, 4) is 0 Å². The van der Waals surface area contributed by atoms with Crippen LogP contribution in [0.1, 0.15) is 36.8 Å². The summed E-state index contributed by atoms with van der Waals surface area (Å²) in [6.07, 6.45) is 1.47. The molecule has 1 aromatic heterocycles. The lowest BCUT2D eigenvalue weighted by Gasteiger charge is -2.13. The molecule has 21 heavy (non-hydrogen) atoms. The van der Waals surface area contributed by atoms with Crippen LogP contribution in [0.5, 0.6) is 0 Å². The number of fused-ring (bicyclic) bond motifs is 1. The minimum absolute atomic E-state index is 0.0912. The third kappa shape index (κ3) is 2.16. The summed E-state index contributed by atoms with van der Waals surface area (Å²) in [5.41, 5.74) is 1.28. The molecule has 0 saturated heterocycles. The molecule has 3 rings (SSSR count). The van der Waals surface area contributed by atoms with Crippen LogP contribution in [-0.2, 0) is 6.54 Å². The summed E-state index contributed by atoms with van der Waals surface area (Å²) in [5, 5.41) is 8.84. The molecule has 2 aromatic rings. The number of hydrogen-bond acceptors (Lipinski definition) is 4. The van der Waals surface area contributed by atoms with Crippen LogP contribution in [0.4, 0.5) is 0 Å². The first-order chi connectivity index (χ1) is 10.1. The fourth-order valence-electron chi connectivity index (χ4n) is 2.19. The first-order valence-electron chi connectivity index (χ1n) is 6.21. The number of hydrogen-bond donors (Lipinski definition) is 1. The molecule has 0 saturated carbocycles. The zero-order valence-electron chi connectivity index (χ0n) is 10.8. The SMILES string of the molecule is O=C(O)c1ccc(CN2C(=O)c3cccnc3C2=O)cc1. The Bertz CT molecular complexity index is 718.